The summed E-state index contributed by atoms with van der Waals surface area (Å²) in [5.41, 5.74) is 2.33. The number of hydrogen-bond donors (Lipinski definition) is 1. The molecule has 0 saturated heterocycles. The van der Waals surface area contributed by atoms with Gasteiger partial charge in [-0.25, -0.2) is 0 Å². The number of hydrogen-bond acceptors (Lipinski definition) is 5. The van der Waals surface area contributed by atoms with Crippen LogP contribution in [0.2, 0.25) is 0 Å². The van der Waals surface area contributed by atoms with Gasteiger partial charge in [0.1, 0.15) is 16.8 Å². The highest BCUT2D eigenvalue weighted by atomic mass is 16.3. The van der Waals surface area contributed by atoms with E-state index in [1.54, 1.807) is 18.2 Å². The molecule has 0 aliphatic heterocycles. The van der Waals surface area contributed by atoms with Gasteiger partial charge in [-0.1, -0.05) is 24.3 Å². The Morgan fingerprint density at radius 3 is 2.43 bits per heavy atom. The van der Waals surface area contributed by atoms with E-state index in [1.807, 2.05) is 24.3 Å². The standard InChI is InChI=1S/C16H14N4O3/c1-19(15(22)10-21)14-8-4-5-11(16(14)23)9-20-17-12-6-2-3-7-13(12)18-20/h2-8,10,23H,9H2,1H3. The lowest BCUT2D eigenvalue weighted by atomic mass is 10.1. The van der Waals surface area contributed by atoms with Gasteiger partial charge in [-0.05, 0) is 18.2 Å². The van der Waals surface area contributed by atoms with Crippen molar-refractivity contribution in [2.75, 3.05) is 11.9 Å². The highest BCUT2D eigenvalue weighted by molar-refractivity contribution is 6.30. The zero-order valence-electron chi connectivity index (χ0n) is 12.4. The van der Waals surface area contributed by atoms with Gasteiger partial charge in [0.15, 0.2) is 0 Å². The normalized spacial score (nSPS) is 10.7. The van der Waals surface area contributed by atoms with Crippen LogP contribution in [0.4, 0.5) is 5.69 Å². The number of aldehydes is 1. The van der Waals surface area contributed by atoms with Crippen molar-refractivity contribution in [2.45, 2.75) is 6.54 Å². The van der Waals surface area contributed by atoms with Crippen LogP contribution in [0.25, 0.3) is 11.0 Å². The van der Waals surface area contributed by atoms with Crippen LogP contribution in [0.1, 0.15) is 5.56 Å². The summed E-state index contributed by atoms with van der Waals surface area (Å²) in [4.78, 5) is 24.7. The molecule has 3 aromatic rings. The zero-order valence-corrected chi connectivity index (χ0v) is 12.4. The predicted molar refractivity (Wildman–Crippen MR) is 84.2 cm³/mol. The molecular formula is C16H14N4O3. The fourth-order valence-corrected chi connectivity index (χ4v) is 2.30. The van der Waals surface area contributed by atoms with Crippen LogP contribution in [0, 0.1) is 0 Å². The molecule has 0 saturated carbocycles. The van der Waals surface area contributed by atoms with E-state index < -0.39 is 5.91 Å². The van der Waals surface area contributed by atoms with Crippen molar-refractivity contribution in [3.05, 3.63) is 48.0 Å². The minimum Gasteiger partial charge on any atom is -0.505 e. The van der Waals surface area contributed by atoms with Crippen molar-refractivity contribution in [1.82, 2.24) is 15.0 Å². The van der Waals surface area contributed by atoms with E-state index in [4.69, 9.17) is 0 Å². The molecule has 1 N–H and O–H groups in total. The molecule has 3 rings (SSSR count). The summed E-state index contributed by atoms with van der Waals surface area (Å²) >= 11 is 0. The van der Waals surface area contributed by atoms with Gasteiger partial charge in [-0.3, -0.25) is 9.59 Å². The van der Waals surface area contributed by atoms with Crippen molar-refractivity contribution in [3.63, 3.8) is 0 Å². The minimum atomic E-state index is -0.736. The van der Waals surface area contributed by atoms with Gasteiger partial charge < -0.3 is 10.0 Å². The Labute approximate surface area is 131 Å². The summed E-state index contributed by atoms with van der Waals surface area (Å²) < 4.78 is 0. The zero-order chi connectivity index (χ0) is 16.4. The maximum absolute atomic E-state index is 11.5. The summed E-state index contributed by atoms with van der Waals surface area (Å²) in [6.45, 7) is 0.247. The smallest absolute Gasteiger partial charge is 0.290 e. The lowest BCUT2D eigenvalue weighted by Gasteiger charge is -2.17. The van der Waals surface area contributed by atoms with Crippen LogP contribution in [-0.2, 0) is 16.1 Å². The maximum atomic E-state index is 11.5. The molecule has 1 amide bonds. The lowest BCUT2D eigenvalue weighted by molar-refractivity contribution is -0.129. The van der Waals surface area contributed by atoms with Gasteiger partial charge in [0, 0.05) is 12.6 Å². The molecule has 23 heavy (non-hydrogen) atoms. The first-order valence-electron chi connectivity index (χ1n) is 6.93. The van der Waals surface area contributed by atoms with Gasteiger partial charge in [-0.15, -0.1) is 0 Å². The first-order chi connectivity index (χ1) is 11.1. The Morgan fingerprint density at radius 2 is 1.83 bits per heavy atom. The van der Waals surface area contributed by atoms with Crippen molar-refractivity contribution < 1.29 is 14.7 Å². The summed E-state index contributed by atoms with van der Waals surface area (Å²) in [7, 11) is 1.43. The van der Waals surface area contributed by atoms with Crippen LogP contribution in [0.3, 0.4) is 0 Å². The monoisotopic (exact) mass is 310 g/mol. The van der Waals surface area contributed by atoms with E-state index in [2.05, 4.69) is 10.2 Å². The highest BCUT2D eigenvalue weighted by Gasteiger charge is 2.16. The molecule has 0 fully saturated rings. The number of aromatic nitrogens is 3. The maximum Gasteiger partial charge on any atom is 0.290 e. The Kier molecular flexibility index (Phi) is 3.76. The number of anilines is 1. The van der Waals surface area contributed by atoms with Crippen molar-refractivity contribution in [1.29, 1.82) is 0 Å². The summed E-state index contributed by atoms with van der Waals surface area (Å²) in [5.74, 6) is -0.813. The Bertz CT molecular complexity index is 855. The van der Waals surface area contributed by atoms with Gasteiger partial charge in [0.2, 0.25) is 6.29 Å². The fraction of sp³-hybridized carbons (Fsp3) is 0.125. The lowest BCUT2D eigenvalue weighted by Crippen LogP contribution is -2.27. The molecule has 0 bridgehead atoms. The molecule has 0 aliphatic rings. The molecule has 0 aliphatic carbocycles. The van der Waals surface area contributed by atoms with Crippen LogP contribution in [0.15, 0.2) is 42.5 Å². The van der Waals surface area contributed by atoms with Crippen molar-refractivity contribution in [3.8, 4) is 5.75 Å². The Hall–Kier alpha value is -3.22. The van der Waals surface area contributed by atoms with E-state index >= 15 is 0 Å². The van der Waals surface area contributed by atoms with Gasteiger partial charge in [0.05, 0.1) is 12.2 Å². The number of carbonyl (C=O) groups is 2. The third-order valence-corrected chi connectivity index (χ3v) is 3.53. The van der Waals surface area contributed by atoms with E-state index in [9.17, 15) is 14.7 Å². The molecule has 7 heteroatoms. The van der Waals surface area contributed by atoms with E-state index in [0.717, 1.165) is 15.9 Å². The molecule has 7 nitrogen and oxygen atoms in total. The van der Waals surface area contributed by atoms with Gasteiger partial charge in [0.25, 0.3) is 5.91 Å². The van der Waals surface area contributed by atoms with Crippen molar-refractivity contribution in [2.24, 2.45) is 0 Å². The quantitative estimate of drug-likeness (QED) is 0.580. The number of para-hydroxylation sites is 1. The first kappa shape index (κ1) is 14.7. The number of phenolic OH excluding ortho intramolecular Hbond substituents is 1. The number of likely N-dealkylation sites (N-methyl/N-ethyl adjacent to an activating group) is 1. The van der Waals surface area contributed by atoms with E-state index in [1.165, 1.54) is 11.8 Å². The molecule has 2 aromatic carbocycles. The first-order valence-corrected chi connectivity index (χ1v) is 6.93. The predicted octanol–water partition coefficient (Wildman–Crippen LogP) is 1.35. The molecule has 116 valence electrons. The number of amides is 1. The largest absolute Gasteiger partial charge is 0.505 e. The molecular weight excluding hydrogens is 296 g/mol. The third kappa shape index (κ3) is 2.76. The molecule has 1 aromatic heterocycles. The number of rotatable bonds is 4. The number of aromatic hydroxyl groups is 1. The average molecular weight is 310 g/mol. The number of fused-ring (bicyclic) bond motifs is 1. The second-order valence-electron chi connectivity index (χ2n) is 5.02. The Balaban J connectivity index is 1.94. The third-order valence-electron chi connectivity index (χ3n) is 3.53. The molecule has 0 radical (unpaired) electrons. The summed E-state index contributed by atoms with van der Waals surface area (Å²) in [6.07, 6.45) is 0.202. The SMILES string of the molecule is CN(C(=O)C=O)c1cccc(Cn2nc3ccccc3n2)c1O. The molecule has 0 unspecified atom stereocenters. The van der Waals surface area contributed by atoms with Crippen LogP contribution in [0.5, 0.6) is 5.75 Å². The van der Waals surface area contributed by atoms with Crippen LogP contribution < -0.4 is 4.90 Å². The number of phenols is 1. The van der Waals surface area contributed by atoms with Crippen LogP contribution in [-0.4, -0.2) is 39.3 Å². The topological polar surface area (TPSA) is 88.3 Å². The second kappa shape index (κ2) is 5.88. The molecule has 0 spiro atoms. The average Bonchev–Trinajstić information content (AvgIpc) is 2.97. The summed E-state index contributed by atoms with van der Waals surface area (Å²) in [6, 6.07) is 12.4. The van der Waals surface area contributed by atoms with Crippen LogP contribution >= 0.6 is 0 Å². The fourth-order valence-electron chi connectivity index (χ4n) is 2.30. The summed E-state index contributed by atoms with van der Waals surface area (Å²) in [5, 5.41) is 19.0. The second-order valence-corrected chi connectivity index (χ2v) is 5.02. The van der Waals surface area contributed by atoms with Gasteiger partial charge in [-0.2, -0.15) is 15.0 Å². The van der Waals surface area contributed by atoms with E-state index in [-0.39, 0.29) is 24.3 Å². The van der Waals surface area contributed by atoms with Gasteiger partial charge >= 0.3 is 0 Å². The Morgan fingerprint density at radius 1 is 1.17 bits per heavy atom. The molecule has 1 heterocycles. The highest BCUT2D eigenvalue weighted by Crippen LogP contribution is 2.30. The minimum absolute atomic E-state index is 0.0773. The number of carbonyl (C=O) groups excluding carboxylic acids is 2. The number of benzene rings is 2. The molecule has 0 atom stereocenters. The van der Waals surface area contributed by atoms with E-state index in [0.29, 0.717) is 5.56 Å². The number of nitrogens with zero attached hydrogens (tertiary/aromatic N) is 4. The van der Waals surface area contributed by atoms with Crippen molar-refractivity contribution >= 4 is 28.9 Å².